The van der Waals surface area contributed by atoms with E-state index in [1.807, 2.05) is 26.2 Å². The number of hydrogen-bond acceptors (Lipinski definition) is 7. The predicted octanol–water partition coefficient (Wildman–Crippen LogP) is 3.93. The molecule has 3 aliphatic rings. The molecule has 6 rings (SSSR count). The molecule has 0 bridgehead atoms. The van der Waals surface area contributed by atoms with E-state index in [9.17, 15) is 4.79 Å². The van der Waals surface area contributed by atoms with Gasteiger partial charge in [-0.2, -0.15) is 0 Å². The van der Waals surface area contributed by atoms with Gasteiger partial charge in [0.2, 0.25) is 0 Å². The average molecular weight is 479 g/mol. The summed E-state index contributed by atoms with van der Waals surface area (Å²) < 4.78 is 12.1. The Morgan fingerprint density at radius 3 is 3.06 bits per heavy atom. The molecule has 1 saturated heterocycles. The Balaban J connectivity index is 1.15. The van der Waals surface area contributed by atoms with Crippen molar-refractivity contribution in [1.29, 1.82) is 0 Å². The molecule has 2 aliphatic heterocycles. The second kappa shape index (κ2) is 8.13. The first-order chi connectivity index (χ1) is 16.5. The molecule has 1 aromatic carbocycles. The number of methoxy groups -OCH3 is 1. The Morgan fingerprint density at radius 2 is 2.24 bits per heavy atom. The standard InChI is InChI=1S/C26H30N4O3S/c1-15-5-8-20-22(27)23(34-25(20)28-15)24(31)29-18-10-16-6-7-19(11-21(16)33-13-18)30-12-17-4-3-9-26(17,14-30)32-2/h5-8,11,17-18H,3-4,9-10,12-14,27H2,1-2H3,(H,29,31)/t17-,18+,26+/m0/s1. The summed E-state index contributed by atoms with van der Waals surface area (Å²) in [6, 6.07) is 10.2. The fourth-order valence-electron chi connectivity index (χ4n) is 5.92. The molecule has 7 nitrogen and oxygen atoms in total. The first kappa shape index (κ1) is 21.7. The van der Waals surface area contributed by atoms with Crippen molar-refractivity contribution in [1.82, 2.24) is 10.3 Å². The van der Waals surface area contributed by atoms with Crippen molar-refractivity contribution >= 4 is 38.8 Å². The van der Waals surface area contributed by atoms with Gasteiger partial charge in [-0.05, 0) is 49.9 Å². The number of thiophene rings is 1. The fourth-order valence-corrected chi connectivity index (χ4v) is 6.97. The van der Waals surface area contributed by atoms with Gasteiger partial charge in [0, 0.05) is 49.0 Å². The number of hydrogen-bond donors (Lipinski definition) is 2. The van der Waals surface area contributed by atoms with E-state index in [2.05, 4.69) is 33.4 Å². The minimum Gasteiger partial charge on any atom is -0.491 e. The monoisotopic (exact) mass is 478 g/mol. The van der Waals surface area contributed by atoms with E-state index in [0.717, 1.165) is 53.2 Å². The second-order valence-electron chi connectivity index (χ2n) is 9.87. The van der Waals surface area contributed by atoms with Crippen LogP contribution in [0.2, 0.25) is 0 Å². The zero-order valence-electron chi connectivity index (χ0n) is 19.6. The summed E-state index contributed by atoms with van der Waals surface area (Å²) in [5.74, 6) is 1.35. The average Bonchev–Trinajstić information content (AvgIpc) is 3.49. The molecule has 178 valence electrons. The third kappa shape index (κ3) is 3.51. The molecule has 0 spiro atoms. The number of ether oxygens (including phenoxy) is 2. The summed E-state index contributed by atoms with van der Waals surface area (Å²) in [5, 5.41) is 3.95. The maximum absolute atomic E-state index is 13.0. The lowest BCUT2D eigenvalue weighted by Crippen LogP contribution is -2.42. The Hall–Kier alpha value is -2.84. The number of aromatic nitrogens is 1. The van der Waals surface area contributed by atoms with Crippen LogP contribution in [-0.4, -0.2) is 49.3 Å². The van der Waals surface area contributed by atoms with Crippen molar-refractivity contribution in [2.45, 2.75) is 44.2 Å². The van der Waals surface area contributed by atoms with E-state index in [4.69, 9.17) is 15.2 Å². The van der Waals surface area contributed by atoms with Gasteiger partial charge in [0.15, 0.2) is 0 Å². The van der Waals surface area contributed by atoms with Crippen LogP contribution in [0.15, 0.2) is 30.3 Å². The molecule has 1 saturated carbocycles. The number of rotatable bonds is 4. The summed E-state index contributed by atoms with van der Waals surface area (Å²) >= 11 is 1.34. The normalized spacial score (nSPS) is 25.8. The summed E-state index contributed by atoms with van der Waals surface area (Å²) in [5.41, 5.74) is 9.98. The highest BCUT2D eigenvalue weighted by molar-refractivity contribution is 7.21. The number of nitrogens with one attached hydrogen (secondary N) is 1. The highest BCUT2D eigenvalue weighted by Crippen LogP contribution is 2.46. The zero-order valence-corrected chi connectivity index (χ0v) is 20.4. The van der Waals surface area contributed by atoms with Crippen LogP contribution in [0.1, 0.15) is 40.2 Å². The van der Waals surface area contributed by atoms with Gasteiger partial charge in [0.05, 0.1) is 17.3 Å². The lowest BCUT2D eigenvalue weighted by molar-refractivity contribution is -0.0108. The maximum atomic E-state index is 13.0. The molecule has 1 aliphatic carbocycles. The molecule has 2 fully saturated rings. The van der Waals surface area contributed by atoms with Crippen LogP contribution in [0.25, 0.3) is 10.2 Å². The van der Waals surface area contributed by atoms with Crippen molar-refractivity contribution in [3.05, 3.63) is 46.5 Å². The molecule has 2 aromatic heterocycles. The highest BCUT2D eigenvalue weighted by atomic mass is 32.1. The van der Waals surface area contributed by atoms with Gasteiger partial charge in [-0.1, -0.05) is 12.5 Å². The quantitative estimate of drug-likeness (QED) is 0.591. The largest absolute Gasteiger partial charge is 0.491 e. The number of nitrogens with two attached hydrogens (primary N) is 1. The van der Waals surface area contributed by atoms with Crippen molar-refractivity contribution in [2.24, 2.45) is 5.92 Å². The molecule has 3 atom stereocenters. The number of amides is 1. The minimum atomic E-state index is -0.166. The van der Waals surface area contributed by atoms with Gasteiger partial charge in [-0.3, -0.25) is 4.79 Å². The maximum Gasteiger partial charge on any atom is 0.263 e. The number of nitrogens with zero attached hydrogens (tertiary/aromatic N) is 2. The summed E-state index contributed by atoms with van der Waals surface area (Å²) in [7, 11) is 1.86. The third-order valence-corrected chi connectivity index (χ3v) is 8.91. The van der Waals surface area contributed by atoms with E-state index in [0.29, 0.717) is 23.1 Å². The van der Waals surface area contributed by atoms with Crippen molar-refractivity contribution in [2.75, 3.05) is 37.4 Å². The van der Waals surface area contributed by atoms with Crippen LogP contribution in [0.4, 0.5) is 11.4 Å². The van der Waals surface area contributed by atoms with E-state index in [-0.39, 0.29) is 17.6 Å². The van der Waals surface area contributed by atoms with Crippen LogP contribution in [0.3, 0.4) is 0 Å². The number of nitrogen functional groups attached to an aromatic ring is 1. The topological polar surface area (TPSA) is 89.7 Å². The summed E-state index contributed by atoms with van der Waals surface area (Å²) in [4.78, 5) is 21.3. The highest BCUT2D eigenvalue weighted by Gasteiger charge is 2.50. The van der Waals surface area contributed by atoms with Gasteiger partial charge < -0.3 is 25.4 Å². The second-order valence-corrected chi connectivity index (χ2v) is 10.9. The van der Waals surface area contributed by atoms with E-state index in [1.54, 1.807) is 0 Å². The number of anilines is 2. The number of pyridine rings is 1. The number of benzene rings is 1. The summed E-state index contributed by atoms with van der Waals surface area (Å²) in [6.07, 6.45) is 4.38. The first-order valence-corrected chi connectivity index (χ1v) is 12.8. The van der Waals surface area contributed by atoms with Crippen molar-refractivity contribution in [3.63, 3.8) is 0 Å². The smallest absolute Gasteiger partial charge is 0.263 e. The Morgan fingerprint density at radius 1 is 1.35 bits per heavy atom. The molecule has 0 unspecified atom stereocenters. The van der Waals surface area contributed by atoms with Crippen LogP contribution in [0, 0.1) is 12.8 Å². The van der Waals surface area contributed by atoms with Crippen LogP contribution >= 0.6 is 11.3 Å². The molecule has 0 radical (unpaired) electrons. The van der Waals surface area contributed by atoms with Gasteiger partial charge in [-0.25, -0.2) is 4.98 Å². The zero-order chi connectivity index (χ0) is 23.4. The van der Waals surface area contributed by atoms with Gasteiger partial charge in [-0.15, -0.1) is 11.3 Å². The van der Waals surface area contributed by atoms with E-state index < -0.39 is 0 Å². The molecule has 1 amide bonds. The Kier molecular flexibility index (Phi) is 5.18. The Labute approximate surface area is 203 Å². The van der Waals surface area contributed by atoms with Crippen LogP contribution in [-0.2, 0) is 11.2 Å². The number of aryl methyl sites for hydroxylation is 1. The van der Waals surface area contributed by atoms with Crippen LogP contribution in [0.5, 0.6) is 5.75 Å². The number of fused-ring (bicyclic) bond motifs is 3. The van der Waals surface area contributed by atoms with E-state index in [1.165, 1.54) is 29.9 Å². The van der Waals surface area contributed by atoms with E-state index >= 15 is 0 Å². The molecule has 3 aromatic rings. The number of carbonyl (C=O) groups excluding carboxylic acids is 1. The fraction of sp³-hybridized carbons (Fsp3) is 0.462. The van der Waals surface area contributed by atoms with Crippen molar-refractivity contribution < 1.29 is 14.3 Å². The SMILES string of the molecule is CO[C@@]12CCC[C@H]1CN(c1ccc3c(c1)OC[C@H](NC(=O)c1sc4nc(C)ccc4c1N)C3)C2. The number of carbonyl (C=O) groups is 1. The van der Waals surface area contributed by atoms with Gasteiger partial charge in [0.1, 0.15) is 22.1 Å². The molecule has 4 heterocycles. The van der Waals surface area contributed by atoms with Crippen LogP contribution < -0.4 is 20.7 Å². The third-order valence-electron chi connectivity index (χ3n) is 7.80. The molecule has 3 N–H and O–H groups in total. The molecular formula is C26H30N4O3S. The molecular weight excluding hydrogens is 448 g/mol. The minimum absolute atomic E-state index is 0.00872. The Bertz CT molecular complexity index is 1270. The van der Waals surface area contributed by atoms with Crippen molar-refractivity contribution in [3.8, 4) is 5.75 Å². The molecule has 34 heavy (non-hydrogen) atoms. The van der Waals surface area contributed by atoms with Gasteiger partial charge in [0.25, 0.3) is 5.91 Å². The lowest BCUT2D eigenvalue weighted by Gasteiger charge is -2.29. The summed E-state index contributed by atoms with van der Waals surface area (Å²) in [6.45, 7) is 4.35. The predicted molar refractivity (Wildman–Crippen MR) is 135 cm³/mol. The first-order valence-electron chi connectivity index (χ1n) is 12.0. The molecule has 8 heteroatoms. The van der Waals surface area contributed by atoms with Gasteiger partial charge >= 0.3 is 0 Å². The lowest BCUT2D eigenvalue weighted by atomic mass is 9.95.